The van der Waals surface area contributed by atoms with Crippen LogP contribution >= 0.6 is 0 Å². The molecule has 1 aliphatic heterocycles. The number of oxazole rings is 1. The molecule has 0 radical (unpaired) electrons. The molecule has 2 heterocycles. The smallest absolute Gasteiger partial charge is 0.231 e. The minimum Gasteiger partial charge on any atom is -0.454 e. The Kier molecular flexibility index (Phi) is 2.85. The predicted octanol–water partition coefficient (Wildman–Crippen LogP) is 3.66. The Bertz CT molecular complexity index is 765. The topological polar surface area (TPSA) is 44.5 Å². The lowest BCUT2D eigenvalue weighted by molar-refractivity contribution is 0.174. The molecule has 0 saturated heterocycles. The summed E-state index contributed by atoms with van der Waals surface area (Å²) in [6, 6.07) is 16.0. The molecule has 0 saturated carbocycles. The molecular formula is C17H13NO3. The summed E-state index contributed by atoms with van der Waals surface area (Å²) in [6.45, 7) is 0.270. The quantitative estimate of drug-likeness (QED) is 0.734. The van der Waals surface area contributed by atoms with Crippen molar-refractivity contribution in [1.82, 2.24) is 4.98 Å². The molecule has 1 aliphatic rings. The second kappa shape index (κ2) is 4.98. The van der Waals surface area contributed by atoms with Gasteiger partial charge in [-0.15, -0.1) is 0 Å². The van der Waals surface area contributed by atoms with Gasteiger partial charge in [-0.25, -0.2) is 4.98 Å². The van der Waals surface area contributed by atoms with Gasteiger partial charge in [-0.05, 0) is 23.8 Å². The van der Waals surface area contributed by atoms with Crippen LogP contribution in [0.3, 0.4) is 0 Å². The van der Waals surface area contributed by atoms with E-state index in [4.69, 9.17) is 13.9 Å². The van der Waals surface area contributed by atoms with Gasteiger partial charge < -0.3 is 13.9 Å². The van der Waals surface area contributed by atoms with Crippen molar-refractivity contribution in [3.8, 4) is 22.8 Å². The minimum absolute atomic E-state index is 0.270. The van der Waals surface area contributed by atoms with E-state index in [1.165, 1.54) is 12.0 Å². The lowest BCUT2D eigenvalue weighted by Crippen LogP contribution is -1.93. The summed E-state index contributed by atoms with van der Waals surface area (Å²) < 4.78 is 16.3. The van der Waals surface area contributed by atoms with E-state index in [-0.39, 0.29) is 6.79 Å². The number of nitrogens with zero attached hydrogens (tertiary/aromatic N) is 1. The van der Waals surface area contributed by atoms with Gasteiger partial charge in [0.25, 0.3) is 0 Å². The molecule has 0 unspecified atom stereocenters. The predicted molar refractivity (Wildman–Crippen MR) is 77.3 cm³/mol. The fourth-order valence-electron chi connectivity index (χ4n) is 2.46. The number of aromatic nitrogens is 1. The van der Waals surface area contributed by atoms with E-state index in [0.717, 1.165) is 34.9 Å². The van der Waals surface area contributed by atoms with Crippen molar-refractivity contribution in [1.29, 1.82) is 0 Å². The number of hydrogen-bond acceptors (Lipinski definition) is 4. The maximum Gasteiger partial charge on any atom is 0.231 e. The molecular weight excluding hydrogens is 266 g/mol. The molecule has 4 nitrogen and oxygen atoms in total. The number of fused-ring (bicyclic) bond motifs is 1. The first kappa shape index (κ1) is 12.0. The highest BCUT2D eigenvalue weighted by Gasteiger charge is 2.17. The van der Waals surface area contributed by atoms with Crippen LogP contribution in [-0.2, 0) is 6.42 Å². The van der Waals surface area contributed by atoms with Gasteiger partial charge in [-0.3, -0.25) is 0 Å². The van der Waals surface area contributed by atoms with E-state index >= 15 is 0 Å². The van der Waals surface area contributed by atoms with Crippen LogP contribution in [0, 0.1) is 0 Å². The summed E-state index contributed by atoms with van der Waals surface area (Å²) in [5.74, 6) is 2.29. The molecule has 4 heteroatoms. The third-order valence-corrected chi connectivity index (χ3v) is 3.49. The Balaban J connectivity index is 1.69. The highest BCUT2D eigenvalue weighted by atomic mass is 16.7. The fraction of sp³-hybridized carbons (Fsp3) is 0.118. The highest BCUT2D eigenvalue weighted by Crippen LogP contribution is 2.36. The standard InChI is InChI=1S/C17H13NO3/c1-2-4-12(5-3-1)8-14-17(19-10-18-14)13-6-7-15-16(9-13)21-11-20-15/h1-7,9-10H,8,11H2. The van der Waals surface area contributed by atoms with Crippen molar-refractivity contribution in [2.24, 2.45) is 0 Å². The van der Waals surface area contributed by atoms with Crippen LogP contribution in [0.1, 0.15) is 11.3 Å². The molecule has 104 valence electrons. The zero-order valence-electron chi connectivity index (χ0n) is 11.3. The summed E-state index contributed by atoms with van der Waals surface area (Å²) in [5.41, 5.74) is 3.07. The molecule has 3 aromatic rings. The Morgan fingerprint density at radius 3 is 2.71 bits per heavy atom. The lowest BCUT2D eigenvalue weighted by Gasteiger charge is -2.03. The molecule has 0 bridgehead atoms. The molecule has 2 aromatic carbocycles. The molecule has 0 aliphatic carbocycles. The van der Waals surface area contributed by atoms with Crippen molar-refractivity contribution < 1.29 is 13.9 Å². The van der Waals surface area contributed by atoms with Crippen molar-refractivity contribution in [2.75, 3.05) is 6.79 Å². The van der Waals surface area contributed by atoms with Crippen LogP contribution < -0.4 is 9.47 Å². The van der Waals surface area contributed by atoms with Gasteiger partial charge in [0, 0.05) is 12.0 Å². The van der Waals surface area contributed by atoms with E-state index in [1.54, 1.807) is 0 Å². The normalized spacial score (nSPS) is 12.6. The van der Waals surface area contributed by atoms with E-state index in [0.29, 0.717) is 0 Å². The first-order valence-corrected chi connectivity index (χ1v) is 6.76. The van der Waals surface area contributed by atoms with E-state index < -0.39 is 0 Å². The maximum absolute atomic E-state index is 5.58. The summed E-state index contributed by atoms with van der Waals surface area (Å²) in [5, 5.41) is 0. The Hall–Kier alpha value is -2.75. The molecule has 0 spiro atoms. The summed E-state index contributed by atoms with van der Waals surface area (Å²) >= 11 is 0. The summed E-state index contributed by atoms with van der Waals surface area (Å²) in [6.07, 6.45) is 2.22. The highest BCUT2D eigenvalue weighted by molar-refractivity contribution is 5.65. The third-order valence-electron chi connectivity index (χ3n) is 3.49. The van der Waals surface area contributed by atoms with Gasteiger partial charge in [0.15, 0.2) is 23.7 Å². The van der Waals surface area contributed by atoms with Crippen LogP contribution in [0.15, 0.2) is 59.3 Å². The SMILES string of the molecule is c1ccc(Cc2ncoc2-c2ccc3c(c2)OCO3)cc1. The van der Waals surface area contributed by atoms with Crippen molar-refractivity contribution in [3.63, 3.8) is 0 Å². The van der Waals surface area contributed by atoms with Crippen LogP contribution in [-0.4, -0.2) is 11.8 Å². The second-order valence-electron chi connectivity index (χ2n) is 4.86. The molecule has 0 fully saturated rings. The molecule has 0 amide bonds. The first-order chi connectivity index (χ1) is 10.4. The van der Waals surface area contributed by atoms with Gasteiger partial charge in [0.2, 0.25) is 6.79 Å². The van der Waals surface area contributed by atoms with Gasteiger partial charge in [-0.2, -0.15) is 0 Å². The van der Waals surface area contributed by atoms with Crippen LogP contribution in [0.5, 0.6) is 11.5 Å². The monoisotopic (exact) mass is 279 g/mol. The van der Waals surface area contributed by atoms with Gasteiger partial charge in [0.05, 0.1) is 5.69 Å². The van der Waals surface area contributed by atoms with Crippen molar-refractivity contribution in [2.45, 2.75) is 6.42 Å². The number of rotatable bonds is 3. The maximum atomic E-state index is 5.58. The van der Waals surface area contributed by atoms with E-state index in [9.17, 15) is 0 Å². The minimum atomic E-state index is 0.270. The van der Waals surface area contributed by atoms with Gasteiger partial charge >= 0.3 is 0 Å². The zero-order valence-corrected chi connectivity index (χ0v) is 11.3. The zero-order chi connectivity index (χ0) is 14.1. The molecule has 21 heavy (non-hydrogen) atoms. The van der Waals surface area contributed by atoms with Crippen LogP contribution in [0.25, 0.3) is 11.3 Å². The Morgan fingerprint density at radius 2 is 1.81 bits per heavy atom. The van der Waals surface area contributed by atoms with Crippen molar-refractivity contribution >= 4 is 0 Å². The molecule has 1 aromatic heterocycles. The Labute approximate surface area is 122 Å². The number of benzene rings is 2. The van der Waals surface area contributed by atoms with Gasteiger partial charge in [-0.1, -0.05) is 30.3 Å². The molecule has 4 rings (SSSR count). The average molecular weight is 279 g/mol. The number of hydrogen-bond donors (Lipinski definition) is 0. The first-order valence-electron chi connectivity index (χ1n) is 6.76. The average Bonchev–Trinajstić information content (AvgIpc) is 3.16. The van der Waals surface area contributed by atoms with Crippen LogP contribution in [0.4, 0.5) is 0 Å². The van der Waals surface area contributed by atoms with Crippen LogP contribution in [0.2, 0.25) is 0 Å². The largest absolute Gasteiger partial charge is 0.454 e. The Morgan fingerprint density at radius 1 is 0.952 bits per heavy atom. The van der Waals surface area contributed by atoms with E-state index in [1.807, 2.05) is 36.4 Å². The number of ether oxygens (including phenoxy) is 2. The van der Waals surface area contributed by atoms with Crippen molar-refractivity contribution in [3.05, 3.63) is 66.2 Å². The lowest BCUT2D eigenvalue weighted by atomic mass is 10.0. The third kappa shape index (κ3) is 2.25. The van der Waals surface area contributed by atoms with Gasteiger partial charge in [0.1, 0.15) is 0 Å². The summed E-state index contributed by atoms with van der Waals surface area (Å²) in [7, 11) is 0. The molecule has 0 atom stereocenters. The second-order valence-corrected chi connectivity index (χ2v) is 4.86. The fourth-order valence-corrected chi connectivity index (χ4v) is 2.46. The summed E-state index contributed by atoms with van der Waals surface area (Å²) in [4.78, 5) is 4.34. The van der Waals surface area contributed by atoms with E-state index in [2.05, 4.69) is 17.1 Å². The molecule has 0 N–H and O–H groups in total.